The van der Waals surface area contributed by atoms with Crippen LogP contribution in [0.3, 0.4) is 0 Å². The van der Waals surface area contributed by atoms with E-state index in [2.05, 4.69) is 13.5 Å². The first-order chi connectivity index (χ1) is 17.3. The topological polar surface area (TPSA) is 87.2 Å². The molecular formula is C28H38N2O5S. The normalized spacial score (nSPS) is 30.4. The van der Waals surface area contributed by atoms with Gasteiger partial charge >= 0.3 is 5.97 Å². The van der Waals surface area contributed by atoms with E-state index in [1.165, 1.54) is 0 Å². The molecule has 2 bridgehead atoms. The first-order valence-electron chi connectivity index (χ1n) is 13.0. The molecule has 3 saturated heterocycles. The van der Waals surface area contributed by atoms with Crippen molar-refractivity contribution in [3.05, 3.63) is 48.6 Å². The van der Waals surface area contributed by atoms with Crippen LogP contribution in [-0.4, -0.2) is 74.5 Å². The number of rotatable bonds is 12. The van der Waals surface area contributed by atoms with E-state index in [-0.39, 0.29) is 31.0 Å². The van der Waals surface area contributed by atoms with Crippen LogP contribution in [0.1, 0.15) is 51.5 Å². The Labute approximate surface area is 218 Å². The molecule has 196 valence electrons. The van der Waals surface area contributed by atoms with Crippen LogP contribution in [0, 0.1) is 11.8 Å². The average molecular weight is 515 g/mol. The van der Waals surface area contributed by atoms with Crippen LogP contribution in [0.4, 0.5) is 0 Å². The Bertz CT molecular complexity index is 987. The van der Waals surface area contributed by atoms with Crippen molar-refractivity contribution in [1.82, 2.24) is 9.80 Å². The first kappa shape index (κ1) is 26.7. The number of aliphatic hydroxyl groups is 1. The first-order valence-corrected chi connectivity index (χ1v) is 13.9. The van der Waals surface area contributed by atoms with E-state index in [4.69, 9.17) is 4.74 Å². The summed E-state index contributed by atoms with van der Waals surface area (Å²) in [5.74, 6) is -1.63. The van der Waals surface area contributed by atoms with Crippen molar-refractivity contribution in [2.75, 3.05) is 26.3 Å². The van der Waals surface area contributed by atoms with Crippen LogP contribution in [-0.2, 0) is 25.7 Å². The number of hydrogen-bond donors (Lipinski definition) is 1. The average Bonchev–Trinajstić information content (AvgIpc) is 3.43. The van der Waals surface area contributed by atoms with Crippen molar-refractivity contribution in [3.8, 4) is 0 Å². The number of hydrogen-bond acceptors (Lipinski definition) is 6. The lowest BCUT2D eigenvalue weighted by Gasteiger charge is -2.37. The fraction of sp³-hybridized carbons (Fsp3) is 0.607. The third kappa shape index (κ3) is 4.58. The van der Waals surface area contributed by atoms with Crippen LogP contribution in [0.2, 0.25) is 0 Å². The number of amides is 2. The summed E-state index contributed by atoms with van der Waals surface area (Å²) in [4.78, 5) is 45.0. The second kappa shape index (κ2) is 11.0. The van der Waals surface area contributed by atoms with Gasteiger partial charge in [0.2, 0.25) is 11.8 Å². The molecule has 1 aromatic rings. The molecule has 7 nitrogen and oxygen atoms in total. The highest BCUT2D eigenvalue weighted by atomic mass is 32.2. The number of ether oxygens (including phenoxy) is 1. The van der Waals surface area contributed by atoms with Crippen molar-refractivity contribution in [2.24, 2.45) is 11.8 Å². The van der Waals surface area contributed by atoms with Crippen molar-refractivity contribution >= 4 is 29.5 Å². The molecule has 5 atom stereocenters. The molecule has 0 aromatic heterocycles. The number of esters is 1. The highest BCUT2D eigenvalue weighted by molar-refractivity contribution is 8.02. The molecule has 1 spiro atoms. The number of carbonyl (C=O) groups excluding carboxylic acids is 3. The van der Waals surface area contributed by atoms with E-state index >= 15 is 0 Å². The molecule has 8 heteroatoms. The number of carbonyl (C=O) groups is 3. The second-order valence-electron chi connectivity index (χ2n) is 10.3. The van der Waals surface area contributed by atoms with Gasteiger partial charge in [-0.05, 0) is 51.5 Å². The van der Waals surface area contributed by atoms with E-state index in [1.54, 1.807) is 34.6 Å². The van der Waals surface area contributed by atoms with E-state index in [1.807, 2.05) is 30.3 Å². The minimum atomic E-state index is -0.645. The zero-order chi connectivity index (χ0) is 25.9. The molecular weight excluding hydrogens is 476 g/mol. The largest absolute Gasteiger partial charge is 0.466 e. The lowest BCUT2D eigenvalue weighted by Crippen LogP contribution is -2.54. The van der Waals surface area contributed by atoms with Crippen LogP contribution >= 0.6 is 11.8 Å². The monoisotopic (exact) mass is 514 g/mol. The van der Waals surface area contributed by atoms with E-state index in [9.17, 15) is 19.5 Å². The zero-order valence-corrected chi connectivity index (χ0v) is 22.2. The van der Waals surface area contributed by atoms with Gasteiger partial charge in [0.05, 0.1) is 23.2 Å². The minimum Gasteiger partial charge on any atom is -0.466 e. The van der Waals surface area contributed by atoms with Gasteiger partial charge in [-0.2, -0.15) is 0 Å². The molecule has 3 heterocycles. The molecule has 0 radical (unpaired) electrons. The number of fused-ring (bicyclic) bond motifs is 1. The van der Waals surface area contributed by atoms with Gasteiger partial charge < -0.3 is 19.6 Å². The van der Waals surface area contributed by atoms with Crippen LogP contribution in [0.15, 0.2) is 43.0 Å². The van der Waals surface area contributed by atoms with Gasteiger partial charge in [-0.15, -0.1) is 18.3 Å². The number of aliphatic hydroxyl groups excluding tert-OH is 1. The smallest absolute Gasteiger partial charge is 0.311 e. The lowest BCUT2D eigenvalue weighted by atomic mass is 9.66. The van der Waals surface area contributed by atoms with Crippen molar-refractivity contribution in [3.63, 3.8) is 0 Å². The van der Waals surface area contributed by atoms with Crippen LogP contribution in [0.25, 0.3) is 0 Å². The van der Waals surface area contributed by atoms with Crippen LogP contribution < -0.4 is 0 Å². The summed E-state index contributed by atoms with van der Waals surface area (Å²) in [6, 6.07) is 9.19. The predicted molar refractivity (Wildman–Crippen MR) is 140 cm³/mol. The van der Waals surface area contributed by atoms with Crippen LogP contribution in [0.5, 0.6) is 0 Å². The molecule has 0 saturated carbocycles. The molecule has 1 N–H and O–H groups in total. The Morgan fingerprint density at radius 1 is 1.25 bits per heavy atom. The van der Waals surface area contributed by atoms with Gasteiger partial charge in [0.25, 0.3) is 0 Å². The predicted octanol–water partition coefficient (Wildman–Crippen LogP) is 3.41. The minimum absolute atomic E-state index is 0.0852. The zero-order valence-electron chi connectivity index (χ0n) is 21.4. The molecule has 3 fully saturated rings. The molecule has 1 aromatic carbocycles. The van der Waals surface area contributed by atoms with Gasteiger partial charge in [-0.25, -0.2) is 0 Å². The molecule has 3 aliphatic rings. The molecule has 0 aliphatic carbocycles. The number of nitrogens with zero attached hydrogens (tertiary/aromatic N) is 2. The third-order valence-electron chi connectivity index (χ3n) is 7.99. The fourth-order valence-corrected chi connectivity index (χ4v) is 8.81. The lowest BCUT2D eigenvalue weighted by molar-refractivity contribution is -0.155. The van der Waals surface area contributed by atoms with Gasteiger partial charge in [0, 0.05) is 31.0 Å². The van der Waals surface area contributed by atoms with Crippen molar-refractivity contribution in [1.29, 1.82) is 0 Å². The van der Waals surface area contributed by atoms with Gasteiger partial charge in [0.1, 0.15) is 6.04 Å². The van der Waals surface area contributed by atoms with E-state index < -0.39 is 27.4 Å². The maximum Gasteiger partial charge on any atom is 0.311 e. The van der Waals surface area contributed by atoms with Crippen molar-refractivity contribution < 1.29 is 24.2 Å². The summed E-state index contributed by atoms with van der Waals surface area (Å²) in [5.41, 5.74) is 1.01. The Morgan fingerprint density at radius 3 is 2.67 bits per heavy atom. The van der Waals surface area contributed by atoms with Gasteiger partial charge in [-0.1, -0.05) is 36.4 Å². The SMILES string of the molecule is C=CCN(Cc1ccccc1)C(=O)C1N(CCCCCO)C(=O)[C@@H]2[C@H](C(=O)OCC)[C@]3(C)CCC12S3. The highest BCUT2D eigenvalue weighted by Gasteiger charge is 2.77. The number of benzene rings is 1. The number of thioether (sulfide) groups is 1. The third-order valence-corrected chi connectivity index (χ3v) is 9.97. The Balaban J connectivity index is 1.70. The van der Waals surface area contributed by atoms with E-state index in [0.717, 1.165) is 24.8 Å². The van der Waals surface area contributed by atoms with Gasteiger partial charge in [0.15, 0.2) is 0 Å². The molecule has 4 rings (SSSR count). The molecule has 2 unspecified atom stereocenters. The standard InChI is InChI=1S/C28H38N2O5S/c1-4-16-29(19-20-12-8-6-9-13-20)25(33)23-28-15-14-27(3,36-28)22(26(34)35-5-2)21(28)24(32)30(23)17-10-7-11-18-31/h4,6,8-9,12-13,21-23,31H,1,5,7,10-11,14-19H2,2-3H3/t21-,22+,23?,27-,28?/m0/s1. The summed E-state index contributed by atoms with van der Waals surface area (Å²) in [7, 11) is 0. The number of unbranched alkanes of at least 4 members (excludes halogenated alkanes) is 2. The highest BCUT2D eigenvalue weighted by Crippen LogP contribution is 2.71. The Hall–Kier alpha value is -2.32. The second-order valence-corrected chi connectivity index (χ2v) is 12.2. The summed E-state index contributed by atoms with van der Waals surface area (Å²) >= 11 is 1.67. The quantitative estimate of drug-likeness (QED) is 0.261. The van der Waals surface area contributed by atoms with Crippen molar-refractivity contribution in [2.45, 2.75) is 68.0 Å². The van der Waals surface area contributed by atoms with E-state index in [0.29, 0.717) is 32.5 Å². The van der Waals surface area contributed by atoms with Gasteiger partial charge in [-0.3, -0.25) is 14.4 Å². The summed E-state index contributed by atoms with van der Waals surface area (Å²) < 4.78 is 4.38. The Kier molecular flexibility index (Phi) is 8.15. The maximum absolute atomic E-state index is 14.3. The summed E-state index contributed by atoms with van der Waals surface area (Å²) in [6.45, 7) is 9.32. The molecule has 2 amide bonds. The maximum atomic E-state index is 14.3. The Morgan fingerprint density at radius 2 is 2.00 bits per heavy atom. The molecule has 36 heavy (non-hydrogen) atoms. The summed E-state index contributed by atoms with van der Waals surface area (Å²) in [5, 5.41) is 9.21. The molecule has 3 aliphatic heterocycles. The number of likely N-dealkylation sites (tertiary alicyclic amines) is 1. The fourth-order valence-electron chi connectivity index (χ4n) is 6.47. The summed E-state index contributed by atoms with van der Waals surface area (Å²) in [6.07, 6.45) is 5.34.